The lowest BCUT2D eigenvalue weighted by atomic mass is 9.95. The Morgan fingerprint density at radius 3 is 2.35 bits per heavy atom. The SMILES string of the molecule is COC(=O)c1c(C)cccc1-c1ccc(CNc2nccc(C)c2NC(=O)CC(F)(F)F)cc1. The van der Waals surface area contributed by atoms with E-state index >= 15 is 0 Å². The Balaban J connectivity index is 1.76. The van der Waals surface area contributed by atoms with E-state index in [9.17, 15) is 22.8 Å². The third kappa shape index (κ3) is 6.12. The first kappa shape index (κ1) is 24.8. The van der Waals surface area contributed by atoms with Gasteiger partial charge in [-0.05, 0) is 47.7 Å². The van der Waals surface area contributed by atoms with Crippen LogP contribution in [-0.2, 0) is 16.1 Å². The Hall–Kier alpha value is -3.88. The Labute approximate surface area is 195 Å². The maximum Gasteiger partial charge on any atom is 0.397 e. The van der Waals surface area contributed by atoms with Crippen LogP contribution in [-0.4, -0.2) is 30.1 Å². The number of rotatable bonds is 7. The number of pyridine rings is 1. The zero-order chi connectivity index (χ0) is 24.9. The van der Waals surface area contributed by atoms with Crippen molar-refractivity contribution in [1.82, 2.24) is 4.98 Å². The number of carbonyl (C=O) groups is 2. The van der Waals surface area contributed by atoms with Gasteiger partial charge in [-0.15, -0.1) is 0 Å². The number of aryl methyl sites for hydroxylation is 2. The lowest BCUT2D eigenvalue weighted by Gasteiger charge is -2.15. The van der Waals surface area contributed by atoms with Crippen LogP contribution in [0.15, 0.2) is 54.7 Å². The summed E-state index contributed by atoms with van der Waals surface area (Å²) in [6.07, 6.45) is -4.67. The van der Waals surface area contributed by atoms with Crippen LogP contribution in [0.1, 0.15) is 33.5 Å². The van der Waals surface area contributed by atoms with Gasteiger partial charge in [-0.3, -0.25) is 4.79 Å². The van der Waals surface area contributed by atoms with Gasteiger partial charge in [0, 0.05) is 12.7 Å². The van der Waals surface area contributed by atoms with E-state index in [1.807, 2.05) is 49.4 Å². The Morgan fingerprint density at radius 2 is 1.71 bits per heavy atom. The van der Waals surface area contributed by atoms with Crippen LogP contribution in [0.3, 0.4) is 0 Å². The molecule has 0 saturated heterocycles. The molecule has 6 nitrogen and oxygen atoms in total. The first-order valence-electron chi connectivity index (χ1n) is 10.4. The van der Waals surface area contributed by atoms with E-state index in [-0.39, 0.29) is 11.5 Å². The largest absolute Gasteiger partial charge is 0.465 e. The Kier molecular flexibility index (Phi) is 7.55. The third-order valence-corrected chi connectivity index (χ3v) is 5.17. The Morgan fingerprint density at radius 1 is 1.00 bits per heavy atom. The predicted molar refractivity (Wildman–Crippen MR) is 124 cm³/mol. The summed E-state index contributed by atoms with van der Waals surface area (Å²) in [5, 5.41) is 5.37. The summed E-state index contributed by atoms with van der Waals surface area (Å²) in [5.41, 5.74) is 4.55. The van der Waals surface area contributed by atoms with Crippen molar-refractivity contribution in [3.05, 3.63) is 77.0 Å². The fourth-order valence-electron chi connectivity index (χ4n) is 3.49. The molecule has 0 bridgehead atoms. The van der Waals surface area contributed by atoms with Crippen LogP contribution < -0.4 is 10.6 Å². The second kappa shape index (κ2) is 10.4. The topological polar surface area (TPSA) is 80.3 Å². The van der Waals surface area contributed by atoms with Crippen molar-refractivity contribution in [2.24, 2.45) is 0 Å². The van der Waals surface area contributed by atoms with Crippen molar-refractivity contribution in [1.29, 1.82) is 0 Å². The van der Waals surface area contributed by atoms with Crippen molar-refractivity contribution in [2.45, 2.75) is 33.0 Å². The van der Waals surface area contributed by atoms with Crippen molar-refractivity contribution in [3.8, 4) is 11.1 Å². The van der Waals surface area contributed by atoms with Gasteiger partial charge in [-0.1, -0.05) is 42.5 Å². The van der Waals surface area contributed by atoms with Gasteiger partial charge in [0.2, 0.25) is 5.91 Å². The molecular weight excluding hydrogens is 447 g/mol. The molecule has 1 heterocycles. The summed E-state index contributed by atoms with van der Waals surface area (Å²) in [7, 11) is 1.34. The van der Waals surface area contributed by atoms with Gasteiger partial charge in [0.15, 0.2) is 0 Å². The molecule has 1 aromatic heterocycles. The first-order chi connectivity index (χ1) is 16.1. The number of hydrogen-bond donors (Lipinski definition) is 2. The smallest absolute Gasteiger partial charge is 0.397 e. The van der Waals surface area contributed by atoms with Gasteiger partial charge in [0.1, 0.15) is 12.2 Å². The molecule has 0 spiro atoms. The maximum absolute atomic E-state index is 12.5. The molecule has 0 aliphatic carbocycles. The fourth-order valence-corrected chi connectivity index (χ4v) is 3.49. The summed E-state index contributed by atoms with van der Waals surface area (Å²) in [6, 6.07) is 14.6. The molecule has 34 heavy (non-hydrogen) atoms. The zero-order valence-electron chi connectivity index (χ0n) is 18.9. The van der Waals surface area contributed by atoms with Crippen molar-refractivity contribution >= 4 is 23.4 Å². The van der Waals surface area contributed by atoms with Gasteiger partial charge >= 0.3 is 12.1 Å². The van der Waals surface area contributed by atoms with E-state index in [0.717, 1.165) is 22.3 Å². The average Bonchev–Trinajstić information content (AvgIpc) is 2.78. The molecule has 0 aliphatic heterocycles. The van der Waals surface area contributed by atoms with E-state index in [2.05, 4.69) is 15.6 Å². The molecule has 2 N–H and O–H groups in total. The van der Waals surface area contributed by atoms with Crippen LogP contribution in [0.25, 0.3) is 11.1 Å². The van der Waals surface area contributed by atoms with Crippen LogP contribution in [0, 0.1) is 13.8 Å². The number of hydrogen-bond acceptors (Lipinski definition) is 5. The monoisotopic (exact) mass is 471 g/mol. The molecule has 0 aliphatic rings. The van der Waals surface area contributed by atoms with Gasteiger partial charge in [0.05, 0.1) is 18.4 Å². The number of ether oxygens (including phenoxy) is 1. The number of nitrogens with zero attached hydrogens (tertiary/aromatic N) is 1. The number of anilines is 2. The lowest BCUT2D eigenvalue weighted by Crippen LogP contribution is -2.22. The van der Waals surface area contributed by atoms with Gasteiger partial charge in [-0.25, -0.2) is 9.78 Å². The van der Waals surface area contributed by atoms with Crippen molar-refractivity contribution < 1.29 is 27.5 Å². The van der Waals surface area contributed by atoms with E-state index in [1.54, 1.807) is 13.0 Å². The average molecular weight is 471 g/mol. The number of esters is 1. The number of aromatic nitrogens is 1. The molecule has 178 valence electrons. The molecular formula is C25H24F3N3O3. The highest BCUT2D eigenvalue weighted by Crippen LogP contribution is 2.29. The highest BCUT2D eigenvalue weighted by Gasteiger charge is 2.31. The molecule has 0 atom stereocenters. The zero-order valence-corrected chi connectivity index (χ0v) is 18.9. The molecule has 0 saturated carbocycles. The lowest BCUT2D eigenvalue weighted by molar-refractivity contribution is -0.150. The molecule has 2 aromatic carbocycles. The number of benzene rings is 2. The fraction of sp³-hybridized carbons (Fsp3) is 0.240. The predicted octanol–water partition coefficient (Wildman–Crippen LogP) is 5.66. The molecule has 0 radical (unpaired) electrons. The van der Waals surface area contributed by atoms with Gasteiger partial charge in [-0.2, -0.15) is 13.2 Å². The number of amides is 1. The highest BCUT2D eigenvalue weighted by atomic mass is 19.4. The second-order valence-electron chi connectivity index (χ2n) is 7.73. The van der Waals surface area contributed by atoms with Crippen molar-refractivity contribution in [2.75, 3.05) is 17.7 Å². The standard InChI is InChI=1S/C25H24F3N3O3/c1-15-5-4-6-19(21(15)24(33)34-3)18-9-7-17(8-10-18)14-30-23-22(16(2)11-12-29-23)31-20(32)13-25(26,27)28/h4-12H,13-14H2,1-3H3,(H,29,30)(H,31,32). The quantitative estimate of drug-likeness (QED) is 0.435. The minimum atomic E-state index is -4.60. The molecule has 9 heteroatoms. The number of methoxy groups -OCH3 is 1. The summed E-state index contributed by atoms with van der Waals surface area (Å²) in [4.78, 5) is 28.2. The molecule has 1 amide bonds. The number of halogens is 3. The normalized spacial score (nSPS) is 11.1. The van der Waals surface area contributed by atoms with E-state index in [1.165, 1.54) is 13.3 Å². The third-order valence-electron chi connectivity index (χ3n) is 5.17. The summed E-state index contributed by atoms with van der Waals surface area (Å²) < 4.78 is 42.5. The minimum Gasteiger partial charge on any atom is -0.465 e. The minimum absolute atomic E-state index is 0.204. The molecule has 0 fully saturated rings. The van der Waals surface area contributed by atoms with Crippen LogP contribution in [0.2, 0.25) is 0 Å². The van der Waals surface area contributed by atoms with Gasteiger partial charge < -0.3 is 15.4 Å². The first-order valence-corrected chi connectivity index (χ1v) is 10.4. The molecule has 3 aromatic rings. The van der Waals surface area contributed by atoms with E-state index in [0.29, 0.717) is 17.7 Å². The summed E-state index contributed by atoms with van der Waals surface area (Å²) in [5.74, 6) is -1.30. The van der Waals surface area contributed by atoms with Crippen LogP contribution in [0.5, 0.6) is 0 Å². The number of alkyl halides is 3. The van der Waals surface area contributed by atoms with Crippen LogP contribution in [0.4, 0.5) is 24.7 Å². The van der Waals surface area contributed by atoms with Gasteiger partial charge in [0.25, 0.3) is 0 Å². The molecule has 0 unspecified atom stereocenters. The second-order valence-corrected chi connectivity index (χ2v) is 7.73. The van der Waals surface area contributed by atoms with Crippen molar-refractivity contribution in [3.63, 3.8) is 0 Å². The summed E-state index contributed by atoms with van der Waals surface area (Å²) >= 11 is 0. The van der Waals surface area contributed by atoms with E-state index in [4.69, 9.17) is 4.74 Å². The highest BCUT2D eigenvalue weighted by molar-refractivity contribution is 5.98. The Bertz CT molecular complexity index is 1190. The number of carbonyl (C=O) groups excluding carboxylic acids is 2. The maximum atomic E-state index is 12.5. The van der Waals surface area contributed by atoms with E-state index < -0.39 is 24.5 Å². The van der Waals surface area contributed by atoms with Crippen LogP contribution >= 0.6 is 0 Å². The summed E-state index contributed by atoms with van der Waals surface area (Å²) in [6.45, 7) is 3.83. The number of nitrogens with one attached hydrogen (secondary N) is 2. The molecule has 3 rings (SSSR count).